The van der Waals surface area contributed by atoms with Crippen LogP contribution >= 0.6 is 0 Å². The maximum Gasteiger partial charge on any atom is 0.142 e. The molecule has 114 valence electrons. The Hall–Kier alpha value is -1.22. The number of nitrogen functional groups attached to an aromatic ring is 1. The SMILES string of the molecule is CCCCN(CC)CCCc1ccc(OCC)c(N)c1. The third-order valence-electron chi connectivity index (χ3n) is 3.59. The molecule has 1 aromatic carbocycles. The standard InChI is InChI=1S/C17H30N2O/c1-4-7-12-19(5-2)13-8-9-15-10-11-17(20-6-3)16(18)14-15/h10-11,14H,4-9,12-13,18H2,1-3H3. The smallest absolute Gasteiger partial charge is 0.142 e. The molecule has 0 aliphatic heterocycles. The van der Waals surface area contributed by atoms with E-state index in [-0.39, 0.29) is 0 Å². The van der Waals surface area contributed by atoms with Crippen LogP contribution in [-0.2, 0) is 6.42 Å². The van der Waals surface area contributed by atoms with Gasteiger partial charge < -0.3 is 15.4 Å². The van der Waals surface area contributed by atoms with Crippen molar-refractivity contribution in [3.05, 3.63) is 23.8 Å². The van der Waals surface area contributed by atoms with Gasteiger partial charge in [0.25, 0.3) is 0 Å². The van der Waals surface area contributed by atoms with Crippen LogP contribution in [0.5, 0.6) is 5.75 Å². The van der Waals surface area contributed by atoms with Crippen molar-refractivity contribution in [3.8, 4) is 5.75 Å². The fourth-order valence-electron chi connectivity index (χ4n) is 2.36. The van der Waals surface area contributed by atoms with E-state index in [4.69, 9.17) is 10.5 Å². The van der Waals surface area contributed by atoms with Crippen LogP contribution in [-0.4, -0.2) is 31.1 Å². The Kier molecular flexibility index (Phi) is 8.12. The number of aryl methyl sites for hydroxylation is 1. The zero-order valence-corrected chi connectivity index (χ0v) is 13.3. The second-order valence-electron chi connectivity index (χ2n) is 5.20. The maximum atomic E-state index is 6.00. The van der Waals surface area contributed by atoms with E-state index in [1.54, 1.807) is 0 Å². The number of anilines is 1. The molecule has 0 bridgehead atoms. The molecule has 0 radical (unpaired) electrons. The van der Waals surface area contributed by atoms with E-state index in [9.17, 15) is 0 Å². The van der Waals surface area contributed by atoms with Crippen molar-refractivity contribution < 1.29 is 4.74 Å². The number of benzene rings is 1. The minimum absolute atomic E-state index is 0.659. The predicted molar refractivity (Wildman–Crippen MR) is 87.4 cm³/mol. The summed E-state index contributed by atoms with van der Waals surface area (Å²) < 4.78 is 5.46. The molecule has 0 atom stereocenters. The largest absolute Gasteiger partial charge is 0.492 e. The van der Waals surface area contributed by atoms with Gasteiger partial charge in [0.1, 0.15) is 5.75 Å². The summed E-state index contributed by atoms with van der Waals surface area (Å²) in [6.45, 7) is 10.7. The van der Waals surface area contributed by atoms with Crippen molar-refractivity contribution in [1.82, 2.24) is 4.90 Å². The molecule has 0 aliphatic carbocycles. The molecule has 0 unspecified atom stereocenters. The van der Waals surface area contributed by atoms with Crippen LogP contribution in [0.3, 0.4) is 0 Å². The normalized spacial score (nSPS) is 11.0. The molecule has 0 aliphatic rings. The number of nitrogens with two attached hydrogens (primary N) is 1. The molecular weight excluding hydrogens is 248 g/mol. The van der Waals surface area contributed by atoms with Crippen molar-refractivity contribution in [1.29, 1.82) is 0 Å². The Bertz CT molecular complexity index is 379. The molecule has 1 rings (SSSR count). The molecule has 20 heavy (non-hydrogen) atoms. The predicted octanol–water partition coefficient (Wildman–Crippen LogP) is 3.72. The summed E-state index contributed by atoms with van der Waals surface area (Å²) in [5.41, 5.74) is 8.05. The summed E-state index contributed by atoms with van der Waals surface area (Å²) in [4.78, 5) is 2.53. The number of ether oxygens (including phenoxy) is 1. The zero-order valence-electron chi connectivity index (χ0n) is 13.3. The number of hydrogen-bond donors (Lipinski definition) is 1. The Morgan fingerprint density at radius 1 is 1.10 bits per heavy atom. The van der Waals surface area contributed by atoms with Crippen LogP contribution in [0, 0.1) is 0 Å². The second-order valence-corrected chi connectivity index (χ2v) is 5.20. The van der Waals surface area contributed by atoms with E-state index in [1.165, 1.54) is 37.9 Å². The van der Waals surface area contributed by atoms with Crippen LogP contribution in [0.15, 0.2) is 18.2 Å². The first kappa shape index (κ1) is 16.8. The van der Waals surface area contributed by atoms with Crippen molar-refractivity contribution in [3.63, 3.8) is 0 Å². The lowest BCUT2D eigenvalue weighted by Crippen LogP contribution is -2.25. The lowest BCUT2D eigenvalue weighted by Gasteiger charge is -2.19. The minimum atomic E-state index is 0.659. The van der Waals surface area contributed by atoms with Gasteiger partial charge in [-0.05, 0) is 63.5 Å². The van der Waals surface area contributed by atoms with Gasteiger partial charge in [-0.25, -0.2) is 0 Å². The molecule has 2 N–H and O–H groups in total. The Balaban J connectivity index is 2.39. The van der Waals surface area contributed by atoms with E-state index in [0.29, 0.717) is 6.61 Å². The van der Waals surface area contributed by atoms with Gasteiger partial charge in [-0.1, -0.05) is 26.3 Å². The van der Waals surface area contributed by atoms with Gasteiger partial charge in [0.15, 0.2) is 0 Å². The number of rotatable bonds is 10. The fraction of sp³-hybridized carbons (Fsp3) is 0.647. The number of hydrogen-bond acceptors (Lipinski definition) is 3. The van der Waals surface area contributed by atoms with Gasteiger partial charge in [-0.2, -0.15) is 0 Å². The zero-order chi connectivity index (χ0) is 14.8. The first-order valence-corrected chi connectivity index (χ1v) is 7.94. The van der Waals surface area contributed by atoms with E-state index >= 15 is 0 Å². The molecule has 0 fully saturated rings. The highest BCUT2D eigenvalue weighted by atomic mass is 16.5. The van der Waals surface area contributed by atoms with Crippen LogP contribution in [0.25, 0.3) is 0 Å². The molecule has 0 saturated carbocycles. The summed E-state index contributed by atoms with van der Waals surface area (Å²) in [6.07, 6.45) is 4.83. The first-order valence-electron chi connectivity index (χ1n) is 7.94. The Morgan fingerprint density at radius 2 is 1.85 bits per heavy atom. The molecule has 0 amide bonds. The average molecular weight is 278 g/mol. The van der Waals surface area contributed by atoms with Crippen LogP contribution in [0.2, 0.25) is 0 Å². The van der Waals surface area contributed by atoms with E-state index in [2.05, 4.69) is 24.8 Å². The molecular formula is C17H30N2O. The molecule has 1 aromatic rings. The van der Waals surface area contributed by atoms with Gasteiger partial charge in [-0.3, -0.25) is 0 Å². The lowest BCUT2D eigenvalue weighted by molar-refractivity contribution is 0.280. The molecule has 0 saturated heterocycles. The third-order valence-corrected chi connectivity index (χ3v) is 3.59. The highest BCUT2D eigenvalue weighted by molar-refractivity contribution is 5.54. The highest BCUT2D eigenvalue weighted by Crippen LogP contribution is 2.23. The van der Waals surface area contributed by atoms with E-state index in [1.807, 2.05) is 19.1 Å². The summed E-state index contributed by atoms with van der Waals surface area (Å²) in [5, 5.41) is 0. The Morgan fingerprint density at radius 3 is 2.45 bits per heavy atom. The van der Waals surface area contributed by atoms with Gasteiger partial charge in [0, 0.05) is 0 Å². The van der Waals surface area contributed by atoms with Crippen molar-refractivity contribution in [2.24, 2.45) is 0 Å². The van der Waals surface area contributed by atoms with E-state index in [0.717, 1.165) is 24.4 Å². The second kappa shape index (κ2) is 9.65. The number of nitrogens with zero attached hydrogens (tertiary/aromatic N) is 1. The van der Waals surface area contributed by atoms with Crippen molar-refractivity contribution >= 4 is 5.69 Å². The highest BCUT2D eigenvalue weighted by Gasteiger charge is 2.04. The fourth-order valence-corrected chi connectivity index (χ4v) is 2.36. The summed E-state index contributed by atoms with van der Waals surface area (Å²) >= 11 is 0. The topological polar surface area (TPSA) is 38.5 Å². The Labute approximate surface area is 124 Å². The van der Waals surface area contributed by atoms with Gasteiger partial charge >= 0.3 is 0 Å². The quantitative estimate of drug-likeness (QED) is 0.663. The van der Waals surface area contributed by atoms with Crippen LogP contribution in [0.4, 0.5) is 5.69 Å². The summed E-state index contributed by atoms with van der Waals surface area (Å²) in [5.74, 6) is 0.800. The average Bonchev–Trinajstić information content (AvgIpc) is 2.45. The molecule has 0 aromatic heterocycles. The lowest BCUT2D eigenvalue weighted by atomic mass is 10.1. The summed E-state index contributed by atoms with van der Waals surface area (Å²) in [7, 11) is 0. The molecule has 0 heterocycles. The molecule has 0 spiro atoms. The van der Waals surface area contributed by atoms with Crippen LogP contribution < -0.4 is 10.5 Å². The molecule has 3 heteroatoms. The van der Waals surface area contributed by atoms with Crippen molar-refractivity contribution in [2.75, 3.05) is 32.0 Å². The number of unbranched alkanes of at least 4 members (excludes halogenated alkanes) is 1. The molecule has 3 nitrogen and oxygen atoms in total. The van der Waals surface area contributed by atoms with Gasteiger partial charge in [-0.15, -0.1) is 0 Å². The minimum Gasteiger partial charge on any atom is -0.492 e. The first-order chi connectivity index (χ1) is 9.71. The van der Waals surface area contributed by atoms with Gasteiger partial charge in [0.2, 0.25) is 0 Å². The van der Waals surface area contributed by atoms with Crippen molar-refractivity contribution in [2.45, 2.75) is 46.5 Å². The maximum absolute atomic E-state index is 6.00. The van der Waals surface area contributed by atoms with Crippen LogP contribution in [0.1, 0.15) is 45.6 Å². The third kappa shape index (κ3) is 5.83. The van der Waals surface area contributed by atoms with E-state index < -0.39 is 0 Å². The summed E-state index contributed by atoms with van der Waals surface area (Å²) in [6, 6.07) is 6.17. The van der Waals surface area contributed by atoms with Gasteiger partial charge in [0.05, 0.1) is 12.3 Å². The monoisotopic (exact) mass is 278 g/mol.